The second kappa shape index (κ2) is 6.50. The van der Waals surface area contributed by atoms with Crippen molar-refractivity contribution in [3.05, 3.63) is 47.7 Å². The average molecular weight is 303 g/mol. The van der Waals surface area contributed by atoms with Gasteiger partial charge in [-0.15, -0.1) is 11.8 Å². The van der Waals surface area contributed by atoms with Gasteiger partial charge in [-0.3, -0.25) is 0 Å². The van der Waals surface area contributed by atoms with Gasteiger partial charge in [-0.1, -0.05) is 20.8 Å². The standard InChI is InChI=1S/C17H21NO2S/c1-17(2,3)15-9-12(11-19)10-16(18-15)20-13-5-7-14(21-4)8-6-13/h5-10,19H,11H2,1-4H3. The van der Waals surface area contributed by atoms with Gasteiger partial charge in [0.15, 0.2) is 0 Å². The second-order valence-electron chi connectivity index (χ2n) is 5.88. The summed E-state index contributed by atoms with van der Waals surface area (Å²) in [6.45, 7) is 6.25. The summed E-state index contributed by atoms with van der Waals surface area (Å²) in [7, 11) is 0. The van der Waals surface area contributed by atoms with Gasteiger partial charge in [-0.2, -0.15) is 0 Å². The number of nitrogens with zero attached hydrogens (tertiary/aromatic N) is 1. The molecule has 0 aliphatic rings. The summed E-state index contributed by atoms with van der Waals surface area (Å²) in [6, 6.07) is 11.6. The van der Waals surface area contributed by atoms with Gasteiger partial charge in [0.25, 0.3) is 0 Å². The lowest BCUT2D eigenvalue weighted by Gasteiger charge is -2.19. The van der Waals surface area contributed by atoms with Crippen molar-refractivity contribution in [1.29, 1.82) is 0 Å². The molecule has 0 spiro atoms. The Morgan fingerprint density at radius 2 is 1.81 bits per heavy atom. The van der Waals surface area contributed by atoms with E-state index in [0.29, 0.717) is 5.88 Å². The number of thioether (sulfide) groups is 1. The van der Waals surface area contributed by atoms with Crippen molar-refractivity contribution in [2.75, 3.05) is 6.26 Å². The van der Waals surface area contributed by atoms with Crippen LogP contribution in [-0.2, 0) is 12.0 Å². The smallest absolute Gasteiger partial charge is 0.219 e. The number of rotatable bonds is 4. The molecule has 112 valence electrons. The average Bonchev–Trinajstić information content (AvgIpc) is 2.46. The van der Waals surface area contributed by atoms with Gasteiger partial charge < -0.3 is 9.84 Å². The highest BCUT2D eigenvalue weighted by molar-refractivity contribution is 7.98. The van der Waals surface area contributed by atoms with Crippen molar-refractivity contribution in [3.8, 4) is 11.6 Å². The van der Waals surface area contributed by atoms with E-state index in [9.17, 15) is 5.11 Å². The van der Waals surface area contributed by atoms with Crippen LogP contribution in [0.5, 0.6) is 11.6 Å². The van der Waals surface area contributed by atoms with Gasteiger partial charge in [0.1, 0.15) is 5.75 Å². The normalized spacial score (nSPS) is 11.5. The second-order valence-corrected chi connectivity index (χ2v) is 6.76. The summed E-state index contributed by atoms with van der Waals surface area (Å²) >= 11 is 1.69. The van der Waals surface area contributed by atoms with Gasteiger partial charge in [0.05, 0.1) is 12.3 Å². The van der Waals surface area contributed by atoms with Crippen LogP contribution in [0.3, 0.4) is 0 Å². The summed E-state index contributed by atoms with van der Waals surface area (Å²) in [4.78, 5) is 5.74. The molecular formula is C17H21NO2S. The molecule has 2 rings (SSSR count). The molecule has 0 bridgehead atoms. The SMILES string of the molecule is CSc1ccc(Oc2cc(CO)cc(C(C)(C)C)n2)cc1. The molecule has 0 saturated carbocycles. The van der Waals surface area contributed by atoms with E-state index >= 15 is 0 Å². The third kappa shape index (κ3) is 4.22. The van der Waals surface area contributed by atoms with Crippen molar-refractivity contribution in [3.63, 3.8) is 0 Å². The van der Waals surface area contributed by atoms with E-state index in [1.54, 1.807) is 17.8 Å². The number of aliphatic hydroxyl groups excluding tert-OH is 1. The number of aromatic nitrogens is 1. The summed E-state index contributed by atoms with van der Waals surface area (Å²) in [6.07, 6.45) is 2.04. The monoisotopic (exact) mass is 303 g/mol. The maximum Gasteiger partial charge on any atom is 0.219 e. The van der Waals surface area contributed by atoms with Crippen LogP contribution in [0.25, 0.3) is 0 Å². The molecule has 21 heavy (non-hydrogen) atoms. The van der Waals surface area contributed by atoms with E-state index in [4.69, 9.17) is 4.74 Å². The van der Waals surface area contributed by atoms with E-state index in [1.165, 1.54) is 4.90 Å². The zero-order valence-corrected chi connectivity index (χ0v) is 13.7. The number of aliphatic hydroxyl groups is 1. The molecule has 1 heterocycles. The Morgan fingerprint density at radius 1 is 1.14 bits per heavy atom. The molecule has 0 atom stereocenters. The highest BCUT2D eigenvalue weighted by Gasteiger charge is 2.17. The molecule has 2 aromatic rings. The summed E-state index contributed by atoms with van der Waals surface area (Å²) < 4.78 is 5.82. The van der Waals surface area contributed by atoms with E-state index in [0.717, 1.165) is 17.0 Å². The van der Waals surface area contributed by atoms with Crippen LogP contribution in [-0.4, -0.2) is 16.3 Å². The van der Waals surface area contributed by atoms with Crippen molar-refractivity contribution < 1.29 is 9.84 Å². The maximum absolute atomic E-state index is 9.40. The summed E-state index contributed by atoms with van der Waals surface area (Å²) in [5.74, 6) is 1.26. The minimum absolute atomic E-state index is 0.0205. The predicted molar refractivity (Wildman–Crippen MR) is 87.2 cm³/mol. The molecule has 0 aliphatic carbocycles. The quantitative estimate of drug-likeness (QED) is 0.851. The Labute approximate surface area is 130 Å². The van der Waals surface area contributed by atoms with Crippen molar-refractivity contribution >= 4 is 11.8 Å². The molecule has 3 nitrogen and oxygen atoms in total. The van der Waals surface area contributed by atoms with Gasteiger partial charge in [-0.25, -0.2) is 4.98 Å². The fourth-order valence-electron chi connectivity index (χ4n) is 1.85. The molecule has 0 unspecified atom stereocenters. The Kier molecular flexibility index (Phi) is 4.91. The van der Waals surface area contributed by atoms with Crippen LogP contribution in [0, 0.1) is 0 Å². The molecule has 0 saturated heterocycles. The largest absolute Gasteiger partial charge is 0.439 e. The highest BCUT2D eigenvalue weighted by Crippen LogP contribution is 2.28. The zero-order valence-electron chi connectivity index (χ0n) is 12.9. The molecular weight excluding hydrogens is 282 g/mol. The number of ether oxygens (including phenoxy) is 1. The highest BCUT2D eigenvalue weighted by atomic mass is 32.2. The first-order chi connectivity index (χ1) is 9.92. The van der Waals surface area contributed by atoms with Crippen molar-refractivity contribution in [2.24, 2.45) is 0 Å². The van der Waals surface area contributed by atoms with Crippen molar-refractivity contribution in [2.45, 2.75) is 37.7 Å². The van der Waals surface area contributed by atoms with Crippen LogP contribution in [0.15, 0.2) is 41.3 Å². The first-order valence-corrected chi connectivity index (χ1v) is 8.09. The molecule has 4 heteroatoms. The van der Waals surface area contributed by atoms with Gasteiger partial charge in [-0.05, 0) is 42.2 Å². The van der Waals surface area contributed by atoms with E-state index in [2.05, 4.69) is 25.8 Å². The zero-order chi connectivity index (χ0) is 15.5. The fraction of sp³-hybridized carbons (Fsp3) is 0.353. The molecule has 0 fully saturated rings. The lowest BCUT2D eigenvalue weighted by molar-refractivity contribution is 0.280. The van der Waals surface area contributed by atoms with Crippen LogP contribution in [0.4, 0.5) is 0 Å². The van der Waals surface area contributed by atoms with Crippen LogP contribution < -0.4 is 4.74 Å². The number of hydrogen-bond donors (Lipinski definition) is 1. The number of pyridine rings is 1. The van der Waals surface area contributed by atoms with Gasteiger partial charge >= 0.3 is 0 Å². The third-order valence-corrected chi connectivity index (χ3v) is 3.84. The Balaban J connectivity index is 2.29. The molecule has 0 amide bonds. The topological polar surface area (TPSA) is 42.4 Å². The number of benzene rings is 1. The molecule has 1 aromatic carbocycles. The minimum atomic E-state index is -0.0913. The Bertz CT molecular complexity index is 603. The van der Waals surface area contributed by atoms with Gasteiger partial charge in [0.2, 0.25) is 5.88 Å². The maximum atomic E-state index is 9.40. The van der Waals surface area contributed by atoms with Crippen LogP contribution in [0.2, 0.25) is 0 Å². The van der Waals surface area contributed by atoms with Gasteiger partial charge in [0, 0.05) is 16.4 Å². The minimum Gasteiger partial charge on any atom is -0.439 e. The molecule has 0 radical (unpaired) electrons. The summed E-state index contributed by atoms with van der Waals surface area (Å²) in [5.41, 5.74) is 1.63. The summed E-state index contributed by atoms with van der Waals surface area (Å²) in [5, 5.41) is 9.40. The van der Waals surface area contributed by atoms with E-state index in [-0.39, 0.29) is 12.0 Å². The Morgan fingerprint density at radius 3 is 2.33 bits per heavy atom. The fourth-order valence-corrected chi connectivity index (χ4v) is 2.26. The van der Waals surface area contributed by atoms with E-state index < -0.39 is 0 Å². The molecule has 1 N–H and O–H groups in total. The Hall–Kier alpha value is -1.52. The lowest BCUT2D eigenvalue weighted by Crippen LogP contribution is -2.14. The van der Waals surface area contributed by atoms with E-state index in [1.807, 2.05) is 36.6 Å². The van der Waals surface area contributed by atoms with Crippen molar-refractivity contribution in [1.82, 2.24) is 4.98 Å². The predicted octanol–water partition coefficient (Wildman–Crippen LogP) is 4.39. The number of hydrogen-bond acceptors (Lipinski definition) is 4. The first-order valence-electron chi connectivity index (χ1n) is 6.86. The molecule has 1 aromatic heterocycles. The first kappa shape index (κ1) is 15.9. The lowest BCUT2D eigenvalue weighted by atomic mass is 9.91. The molecule has 0 aliphatic heterocycles. The van der Waals surface area contributed by atoms with Crippen LogP contribution >= 0.6 is 11.8 Å². The van der Waals surface area contributed by atoms with Crippen LogP contribution in [0.1, 0.15) is 32.0 Å². The third-order valence-electron chi connectivity index (χ3n) is 3.09.